The molecule has 1 N–H and O–H groups in total. The molecule has 0 radical (unpaired) electrons. The fourth-order valence-corrected chi connectivity index (χ4v) is 1.34. The Labute approximate surface area is 80.7 Å². The molecule has 1 aromatic heterocycles. The van der Waals surface area contributed by atoms with Crippen LogP contribution in [0.5, 0.6) is 5.75 Å². The summed E-state index contributed by atoms with van der Waals surface area (Å²) < 4.78 is 39.3. The second-order valence-electron chi connectivity index (χ2n) is 2.36. The van der Waals surface area contributed by atoms with E-state index in [0.717, 1.165) is 17.4 Å². The van der Waals surface area contributed by atoms with Crippen molar-refractivity contribution in [2.75, 3.05) is 6.61 Å². The molecule has 0 aliphatic rings. The minimum Gasteiger partial charge on any atom is -0.483 e. The van der Waals surface area contributed by atoms with Crippen LogP contribution in [-0.2, 0) is 0 Å². The predicted molar refractivity (Wildman–Crippen MR) is 42.8 cm³/mol. The van der Waals surface area contributed by atoms with Crippen molar-refractivity contribution in [1.29, 1.82) is 0 Å². The normalized spacial score (nSPS) is 11.4. The van der Waals surface area contributed by atoms with Crippen LogP contribution in [0.4, 0.5) is 13.2 Å². The molecule has 1 aromatic rings. The zero-order valence-corrected chi connectivity index (χ0v) is 7.48. The quantitative estimate of drug-likeness (QED) is 0.860. The zero-order chi connectivity index (χ0) is 10.8. The summed E-state index contributed by atoms with van der Waals surface area (Å²) in [5.41, 5.74) is 0. The van der Waals surface area contributed by atoms with Crippen LogP contribution >= 0.6 is 11.3 Å². The standard InChI is InChI=1S/C7H5F3O3S/c8-7(9,10)3-13-4-1-5(6(11)12)14-2-4/h1-2H,3H2,(H,11,12). The molecule has 7 heteroatoms. The third kappa shape index (κ3) is 3.25. The Morgan fingerprint density at radius 1 is 1.57 bits per heavy atom. The minimum atomic E-state index is -4.41. The fourth-order valence-electron chi connectivity index (χ4n) is 0.672. The van der Waals surface area contributed by atoms with E-state index in [-0.39, 0.29) is 10.6 Å². The summed E-state index contributed by atoms with van der Waals surface area (Å²) in [6.07, 6.45) is -4.41. The van der Waals surface area contributed by atoms with Gasteiger partial charge in [0.1, 0.15) is 10.6 Å². The monoisotopic (exact) mass is 226 g/mol. The number of carboxylic acids is 1. The first-order chi connectivity index (χ1) is 6.38. The van der Waals surface area contributed by atoms with Gasteiger partial charge in [0.15, 0.2) is 6.61 Å². The van der Waals surface area contributed by atoms with E-state index in [1.807, 2.05) is 0 Å². The molecule has 0 bridgehead atoms. The van der Waals surface area contributed by atoms with Crippen LogP contribution in [0.2, 0.25) is 0 Å². The Morgan fingerprint density at radius 3 is 2.64 bits per heavy atom. The minimum absolute atomic E-state index is 0.0535. The molecule has 0 atom stereocenters. The van der Waals surface area contributed by atoms with Crippen molar-refractivity contribution in [1.82, 2.24) is 0 Å². The van der Waals surface area contributed by atoms with Gasteiger partial charge in [-0.2, -0.15) is 13.2 Å². The molecule has 0 aromatic carbocycles. The smallest absolute Gasteiger partial charge is 0.422 e. The van der Waals surface area contributed by atoms with E-state index in [2.05, 4.69) is 4.74 Å². The van der Waals surface area contributed by atoms with Crippen molar-refractivity contribution >= 4 is 17.3 Å². The van der Waals surface area contributed by atoms with E-state index in [9.17, 15) is 18.0 Å². The van der Waals surface area contributed by atoms with Crippen molar-refractivity contribution in [3.05, 3.63) is 16.3 Å². The number of hydrogen-bond donors (Lipinski definition) is 1. The van der Waals surface area contributed by atoms with Gasteiger partial charge in [0.05, 0.1) is 0 Å². The third-order valence-electron chi connectivity index (χ3n) is 1.19. The summed E-state index contributed by atoms with van der Waals surface area (Å²) in [5, 5.41) is 9.68. The molecular formula is C7H5F3O3S. The first-order valence-corrected chi connectivity index (χ1v) is 4.28. The molecule has 0 spiro atoms. The van der Waals surface area contributed by atoms with Gasteiger partial charge in [0.2, 0.25) is 0 Å². The van der Waals surface area contributed by atoms with Crippen LogP contribution in [0.25, 0.3) is 0 Å². The van der Waals surface area contributed by atoms with Crippen LogP contribution < -0.4 is 4.74 Å². The lowest BCUT2D eigenvalue weighted by molar-refractivity contribution is -0.153. The van der Waals surface area contributed by atoms with Crippen LogP contribution in [0.3, 0.4) is 0 Å². The lowest BCUT2D eigenvalue weighted by Crippen LogP contribution is -2.18. The van der Waals surface area contributed by atoms with Gasteiger partial charge < -0.3 is 9.84 Å². The van der Waals surface area contributed by atoms with Gasteiger partial charge in [-0.05, 0) is 0 Å². The van der Waals surface area contributed by atoms with E-state index in [1.54, 1.807) is 0 Å². The highest BCUT2D eigenvalue weighted by Gasteiger charge is 2.28. The van der Waals surface area contributed by atoms with Crippen LogP contribution in [0, 0.1) is 0 Å². The molecule has 0 saturated carbocycles. The second kappa shape index (κ2) is 3.87. The Balaban J connectivity index is 2.56. The largest absolute Gasteiger partial charge is 0.483 e. The number of rotatable bonds is 3. The topological polar surface area (TPSA) is 46.5 Å². The maximum Gasteiger partial charge on any atom is 0.422 e. The first-order valence-electron chi connectivity index (χ1n) is 3.40. The molecule has 78 valence electrons. The van der Waals surface area contributed by atoms with Crippen LogP contribution in [-0.4, -0.2) is 23.9 Å². The third-order valence-corrected chi connectivity index (χ3v) is 2.09. The molecule has 0 aliphatic heterocycles. The van der Waals surface area contributed by atoms with Gasteiger partial charge in [-0.15, -0.1) is 11.3 Å². The maximum absolute atomic E-state index is 11.7. The van der Waals surface area contributed by atoms with Gasteiger partial charge in [-0.1, -0.05) is 0 Å². The number of hydrogen-bond acceptors (Lipinski definition) is 3. The summed E-state index contributed by atoms with van der Waals surface area (Å²) in [5.74, 6) is -1.26. The van der Waals surface area contributed by atoms with Gasteiger partial charge in [-0.3, -0.25) is 0 Å². The first kappa shape index (κ1) is 10.8. The number of carbonyl (C=O) groups is 1. The Morgan fingerprint density at radius 2 is 2.21 bits per heavy atom. The van der Waals surface area contributed by atoms with Gasteiger partial charge in [0, 0.05) is 11.4 Å². The zero-order valence-electron chi connectivity index (χ0n) is 6.67. The molecule has 0 amide bonds. The summed E-state index contributed by atoms with van der Waals surface area (Å²) in [4.78, 5) is 10.3. The molecule has 3 nitrogen and oxygen atoms in total. The van der Waals surface area contributed by atoms with Gasteiger partial charge >= 0.3 is 12.1 Å². The highest BCUT2D eigenvalue weighted by Crippen LogP contribution is 2.24. The molecule has 1 rings (SSSR count). The summed E-state index contributed by atoms with van der Waals surface area (Å²) in [7, 11) is 0. The number of aromatic carboxylic acids is 1. The lowest BCUT2D eigenvalue weighted by atomic mass is 10.4. The summed E-state index contributed by atoms with van der Waals surface area (Å²) in [6, 6.07) is 1.05. The molecule has 0 unspecified atom stereocenters. The van der Waals surface area contributed by atoms with E-state index < -0.39 is 18.8 Å². The average Bonchev–Trinajstić information content (AvgIpc) is 2.47. The molecular weight excluding hydrogens is 221 g/mol. The van der Waals surface area contributed by atoms with Crippen molar-refractivity contribution in [3.63, 3.8) is 0 Å². The predicted octanol–water partition coefficient (Wildman–Crippen LogP) is 2.39. The number of halogens is 3. The highest BCUT2D eigenvalue weighted by molar-refractivity contribution is 7.12. The summed E-state index contributed by atoms with van der Waals surface area (Å²) >= 11 is 0.816. The van der Waals surface area contributed by atoms with E-state index in [1.165, 1.54) is 5.38 Å². The Kier molecular flexibility index (Phi) is 3.00. The number of carboxylic acid groups (broad SMARTS) is 1. The fraction of sp³-hybridized carbons (Fsp3) is 0.286. The van der Waals surface area contributed by atoms with Crippen LogP contribution in [0.15, 0.2) is 11.4 Å². The second-order valence-corrected chi connectivity index (χ2v) is 3.27. The SMILES string of the molecule is O=C(O)c1cc(OCC(F)(F)F)cs1. The average molecular weight is 226 g/mol. The number of ether oxygens (including phenoxy) is 1. The number of alkyl halides is 3. The van der Waals surface area contributed by atoms with Gasteiger partial charge in [0.25, 0.3) is 0 Å². The molecule has 0 saturated heterocycles. The molecule has 1 heterocycles. The van der Waals surface area contributed by atoms with E-state index >= 15 is 0 Å². The van der Waals surface area contributed by atoms with Crippen molar-refractivity contribution in [3.8, 4) is 5.75 Å². The highest BCUT2D eigenvalue weighted by atomic mass is 32.1. The van der Waals surface area contributed by atoms with Gasteiger partial charge in [-0.25, -0.2) is 4.79 Å². The van der Waals surface area contributed by atoms with Crippen molar-refractivity contribution in [2.24, 2.45) is 0 Å². The van der Waals surface area contributed by atoms with Crippen molar-refractivity contribution in [2.45, 2.75) is 6.18 Å². The van der Waals surface area contributed by atoms with Crippen LogP contribution in [0.1, 0.15) is 9.67 Å². The van der Waals surface area contributed by atoms with E-state index in [4.69, 9.17) is 5.11 Å². The molecule has 14 heavy (non-hydrogen) atoms. The Bertz CT molecular complexity index is 331. The maximum atomic E-state index is 11.7. The lowest BCUT2D eigenvalue weighted by Gasteiger charge is -2.06. The van der Waals surface area contributed by atoms with E-state index in [0.29, 0.717) is 0 Å². The van der Waals surface area contributed by atoms with Crippen molar-refractivity contribution < 1.29 is 27.8 Å². The number of thiophene rings is 1. The molecule has 0 fully saturated rings. The Hall–Kier alpha value is -1.24. The summed E-state index contributed by atoms with van der Waals surface area (Å²) in [6.45, 7) is -1.41. The molecule has 0 aliphatic carbocycles.